The van der Waals surface area contributed by atoms with Crippen LogP contribution in [0.1, 0.15) is 12.8 Å². The van der Waals surface area contributed by atoms with Crippen LogP contribution in [-0.2, 0) is 4.79 Å². The molecule has 0 spiro atoms. The Hall–Kier alpha value is -1.51. The molecule has 1 N–H and O–H groups in total. The summed E-state index contributed by atoms with van der Waals surface area (Å²) >= 11 is 0. The molecule has 2 saturated heterocycles. The number of aliphatic carboxylic acids is 1. The predicted octanol–water partition coefficient (Wildman–Crippen LogP) is 0.835. The van der Waals surface area contributed by atoms with E-state index in [0.29, 0.717) is 19.4 Å². The molecule has 2 amide bonds. The third kappa shape index (κ3) is 3.99. The molecule has 120 valence electrons. The Morgan fingerprint density at radius 2 is 1.71 bits per heavy atom. The van der Waals surface area contributed by atoms with Gasteiger partial charge >= 0.3 is 18.2 Å². The van der Waals surface area contributed by atoms with E-state index < -0.39 is 24.7 Å². The van der Waals surface area contributed by atoms with Crippen molar-refractivity contribution >= 4 is 12.0 Å². The van der Waals surface area contributed by atoms with Crippen molar-refractivity contribution in [2.45, 2.75) is 25.1 Å². The second-order valence-corrected chi connectivity index (χ2v) is 5.35. The van der Waals surface area contributed by atoms with Crippen molar-refractivity contribution in [3.05, 3.63) is 0 Å². The number of amides is 2. The third-order valence-corrected chi connectivity index (χ3v) is 3.83. The van der Waals surface area contributed by atoms with Crippen LogP contribution in [0.2, 0.25) is 0 Å². The van der Waals surface area contributed by atoms with Crippen molar-refractivity contribution in [2.24, 2.45) is 0 Å². The Morgan fingerprint density at radius 1 is 1.10 bits per heavy atom. The van der Waals surface area contributed by atoms with E-state index in [-0.39, 0.29) is 32.2 Å². The molecule has 2 rings (SSSR count). The van der Waals surface area contributed by atoms with Gasteiger partial charge in [-0.15, -0.1) is 0 Å². The van der Waals surface area contributed by atoms with E-state index in [2.05, 4.69) is 0 Å². The highest BCUT2D eigenvalue weighted by Gasteiger charge is 2.38. The maximum Gasteiger partial charge on any atom is 0.401 e. The average Bonchev–Trinajstić information content (AvgIpc) is 2.86. The number of hydrogen-bond acceptors (Lipinski definition) is 3. The average molecular weight is 309 g/mol. The van der Waals surface area contributed by atoms with Crippen LogP contribution in [-0.4, -0.2) is 83.3 Å². The van der Waals surface area contributed by atoms with Gasteiger partial charge in [-0.1, -0.05) is 0 Å². The number of urea groups is 1. The predicted molar refractivity (Wildman–Crippen MR) is 66.8 cm³/mol. The molecule has 0 unspecified atom stereocenters. The van der Waals surface area contributed by atoms with Gasteiger partial charge in [0, 0.05) is 32.7 Å². The number of carbonyl (C=O) groups is 2. The highest BCUT2D eigenvalue weighted by Crippen LogP contribution is 2.21. The zero-order chi connectivity index (χ0) is 15.6. The second-order valence-electron chi connectivity index (χ2n) is 5.35. The van der Waals surface area contributed by atoms with Crippen LogP contribution in [0.5, 0.6) is 0 Å². The molecular weight excluding hydrogens is 291 g/mol. The van der Waals surface area contributed by atoms with Gasteiger partial charge in [-0.25, -0.2) is 9.59 Å². The molecule has 0 saturated carbocycles. The fraction of sp³-hybridized carbons (Fsp3) is 0.833. The van der Waals surface area contributed by atoms with Gasteiger partial charge in [0.2, 0.25) is 0 Å². The quantitative estimate of drug-likeness (QED) is 0.821. The van der Waals surface area contributed by atoms with Crippen LogP contribution in [0, 0.1) is 0 Å². The molecule has 0 bridgehead atoms. The number of carboxylic acids is 1. The van der Waals surface area contributed by atoms with E-state index in [1.54, 1.807) is 0 Å². The van der Waals surface area contributed by atoms with Crippen LogP contribution >= 0.6 is 0 Å². The van der Waals surface area contributed by atoms with Crippen molar-refractivity contribution in [1.82, 2.24) is 14.7 Å². The molecule has 1 atom stereocenters. The second kappa shape index (κ2) is 6.08. The molecule has 0 aromatic heterocycles. The van der Waals surface area contributed by atoms with Gasteiger partial charge in [-0.2, -0.15) is 13.2 Å². The van der Waals surface area contributed by atoms with Gasteiger partial charge in [-0.05, 0) is 12.8 Å². The number of alkyl halides is 3. The summed E-state index contributed by atoms with van der Waals surface area (Å²) in [7, 11) is 0. The number of carbonyl (C=O) groups excluding carboxylic acids is 1. The molecule has 0 aromatic rings. The Bertz CT molecular complexity index is 408. The Kier molecular flexibility index (Phi) is 4.60. The van der Waals surface area contributed by atoms with E-state index in [4.69, 9.17) is 5.11 Å². The molecule has 2 aliphatic rings. The first-order valence-corrected chi connectivity index (χ1v) is 6.85. The van der Waals surface area contributed by atoms with Crippen LogP contribution in [0.15, 0.2) is 0 Å². The van der Waals surface area contributed by atoms with Gasteiger partial charge < -0.3 is 14.9 Å². The van der Waals surface area contributed by atoms with E-state index >= 15 is 0 Å². The summed E-state index contributed by atoms with van der Waals surface area (Å²) in [5.74, 6) is -1.03. The van der Waals surface area contributed by atoms with Crippen molar-refractivity contribution in [3.8, 4) is 0 Å². The Balaban J connectivity index is 1.87. The fourth-order valence-corrected chi connectivity index (χ4v) is 2.78. The minimum absolute atomic E-state index is 0.150. The van der Waals surface area contributed by atoms with Gasteiger partial charge in [0.1, 0.15) is 6.04 Å². The minimum atomic E-state index is -4.24. The number of nitrogens with zero attached hydrogens (tertiary/aromatic N) is 3. The molecule has 9 heteroatoms. The Labute approximate surface area is 120 Å². The fourth-order valence-electron chi connectivity index (χ4n) is 2.78. The molecular formula is C12H18F3N3O3. The summed E-state index contributed by atoms with van der Waals surface area (Å²) in [5, 5.41) is 9.05. The van der Waals surface area contributed by atoms with Gasteiger partial charge in [0.15, 0.2) is 0 Å². The third-order valence-electron chi connectivity index (χ3n) is 3.83. The topological polar surface area (TPSA) is 64.1 Å². The van der Waals surface area contributed by atoms with E-state index in [0.717, 1.165) is 0 Å². The molecule has 6 nitrogen and oxygen atoms in total. The summed E-state index contributed by atoms with van der Waals surface area (Å²) in [6.07, 6.45) is -3.18. The van der Waals surface area contributed by atoms with Crippen molar-refractivity contribution in [1.29, 1.82) is 0 Å². The van der Waals surface area contributed by atoms with Crippen molar-refractivity contribution in [3.63, 3.8) is 0 Å². The molecule has 21 heavy (non-hydrogen) atoms. The summed E-state index contributed by atoms with van der Waals surface area (Å²) in [6.45, 7) is 0.0955. The molecule has 0 radical (unpaired) electrons. The highest BCUT2D eigenvalue weighted by molar-refractivity contribution is 5.83. The molecule has 2 aliphatic heterocycles. The lowest BCUT2D eigenvalue weighted by Crippen LogP contribution is -2.55. The van der Waals surface area contributed by atoms with Crippen molar-refractivity contribution < 1.29 is 27.9 Å². The summed E-state index contributed by atoms with van der Waals surface area (Å²) < 4.78 is 36.9. The lowest BCUT2D eigenvalue weighted by molar-refractivity contribution is -0.149. The highest BCUT2D eigenvalue weighted by atomic mass is 19.4. The summed E-state index contributed by atoms with van der Waals surface area (Å²) in [5.41, 5.74) is 0. The maximum absolute atomic E-state index is 12.3. The minimum Gasteiger partial charge on any atom is -0.480 e. The zero-order valence-corrected chi connectivity index (χ0v) is 11.5. The first kappa shape index (κ1) is 15.9. The van der Waals surface area contributed by atoms with Crippen LogP contribution in [0.4, 0.5) is 18.0 Å². The van der Waals surface area contributed by atoms with E-state index in [9.17, 15) is 22.8 Å². The first-order valence-electron chi connectivity index (χ1n) is 6.85. The zero-order valence-electron chi connectivity index (χ0n) is 11.5. The largest absolute Gasteiger partial charge is 0.480 e. The maximum atomic E-state index is 12.3. The number of likely N-dealkylation sites (tertiary alicyclic amines) is 1. The Morgan fingerprint density at radius 3 is 2.24 bits per heavy atom. The van der Waals surface area contributed by atoms with E-state index in [1.807, 2.05) is 0 Å². The van der Waals surface area contributed by atoms with Crippen molar-refractivity contribution in [2.75, 3.05) is 39.3 Å². The lowest BCUT2D eigenvalue weighted by atomic mass is 10.2. The van der Waals surface area contributed by atoms with Crippen LogP contribution in [0.25, 0.3) is 0 Å². The summed E-state index contributed by atoms with van der Waals surface area (Å²) in [4.78, 5) is 27.3. The number of piperazine rings is 1. The smallest absolute Gasteiger partial charge is 0.401 e. The summed E-state index contributed by atoms with van der Waals surface area (Å²) in [6, 6.07) is -1.20. The molecule has 0 aromatic carbocycles. The normalized spacial score (nSPS) is 24.4. The number of rotatable bonds is 2. The number of carboxylic acid groups (broad SMARTS) is 1. The van der Waals surface area contributed by atoms with Crippen LogP contribution < -0.4 is 0 Å². The van der Waals surface area contributed by atoms with E-state index in [1.165, 1.54) is 14.7 Å². The van der Waals surface area contributed by atoms with Gasteiger partial charge in [-0.3, -0.25) is 4.90 Å². The SMILES string of the molecule is O=C(O)[C@H]1CCCN1C(=O)N1CCN(CC(F)(F)F)CC1. The monoisotopic (exact) mass is 309 g/mol. The van der Waals surface area contributed by atoms with Gasteiger partial charge in [0.25, 0.3) is 0 Å². The molecule has 2 fully saturated rings. The molecule has 0 aliphatic carbocycles. The standard InChI is InChI=1S/C12H18F3N3O3/c13-12(14,15)8-16-4-6-17(7-5-16)11(21)18-3-1-2-9(18)10(19)20/h9H,1-8H2,(H,19,20)/t9-/m1/s1. The lowest BCUT2D eigenvalue weighted by Gasteiger charge is -2.37. The molecule has 2 heterocycles. The number of hydrogen-bond donors (Lipinski definition) is 1. The van der Waals surface area contributed by atoms with Gasteiger partial charge in [0.05, 0.1) is 6.54 Å². The number of halogens is 3. The first-order chi connectivity index (χ1) is 9.78. The van der Waals surface area contributed by atoms with Crippen LogP contribution in [0.3, 0.4) is 0 Å².